The van der Waals surface area contributed by atoms with E-state index in [2.05, 4.69) is 20.9 Å². The summed E-state index contributed by atoms with van der Waals surface area (Å²) in [6.07, 6.45) is 2.91. The Balaban J connectivity index is 2.18. The van der Waals surface area contributed by atoms with Crippen molar-refractivity contribution in [3.05, 3.63) is 22.8 Å². The van der Waals surface area contributed by atoms with E-state index in [0.717, 1.165) is 17.3 Å². The van der Waals surface area contributed by atoms with Crippen molar-refractivity contribution in [2.45, 2.75) is 12.8 Å². The van der Waals surface area contributed by atoms with Crippen LogP contribution in [0.3, 0.4) is 0 Å². The molecule has 5 heteroatoms. The van der Waals surface area contributed by atoms with Crippen LogP contribution in [-0.2, 0) is 0 Å². The highest BCUT2D eigenvalue weighted by atomic mass is 79.9. The molecule has 2 rings (SSSR count). The Morgan fingerprint density at radius 3 is 2.93 bits per heavy atom. The van der Waals surface area contributed by atoms with Crippen LogP contribution in [-0.4, -0.2) is 22.7 Å². The zero-order chi connectivity index (χ0) is 10.8. The van der Waals surface area contributed by atoms with E-state index in [0.29, 0.717) is 18.3 Å². The molecule has 1 fully saturated rings. The molecule has 1 heterocycles. The van der Waals surface area contributed by atoms with Gasteiger partial charge in [0.15, 0.2) is 0 Å². The van der Waals surface area contributed by atoms with Crippen LogP contribution in [0.2, 0.25) is 0 Å². The normalized spacial score (nSPS) is 15.0. The molecule has 0 aromatic carbocycles. The average Bonchev–Trinajstić information content (AvgIpc) is 2.97. The summed E-state index contributed by atoms with van der Waals surface area (Å²) in [5.41, 5.74) is 0. The van der Waals surface area contributed by atoms with Crippen LogP contribution in [0.1, 0.15) is 12.8 Å². The van der Waals surface area contributed by atoms with E-state index in [1.165, 1.54) is 4.90 Å². The number of halogens is 1. The summed E-state index contributed by atoms with van der Waals surface area (Å²) in [6.45, 7) is 0.554. The van der Waals surface area contributed by atoms with E-state index < -0.39 is 6.09 Å². The first-order chi connectivity index (χ1) is 7.16. The number of carbonyl (C=O) groups is 1. The lowest BCUT2D eigenvalue weighted by Crippen LogP contribution is -2.31. The third-order valence-electron chi connectivity index (χ3n) is 2.35. The van der Waals surface area contributed by atoms with Gasteiger partial charge in [0.2, 0.25) is 0 Å². The van der Waals surface area contributed by atoms with Crippen LogP contribution < -0.4 is 4.90 Å². The van der Waals surface area contributed by atoms with Gasteiger partial charge in [-0.05, 0) is 30.9 Å². The molecule has 0 aliphatic heterocycles. The van der Waals surface area contributed by atoms with E-state index in [9.17, 15) is 4.79 Å². The molecule has 0 unspecified atom stereocenters. The third kappa shape index (κ3) is 2.68. The molecule has 15 heavy (non-hydrogen) atoms. The molecule has 0 atom stereocenters. The second kappa shape index (κ2) is 4.18. The van der Waals surface area contributed by atoms with Gasteiger partial charge in [0, 0.05) is 17.2 Å². The first-order valence-electron chi connectivity index (χ1n) is 4.79. The van der Waals surface area contributed by atoms with Gasteiger partial charge in [-0.15, -0.1) is 0 Å². The van der Waals surface area contributed by atoms with E-state index >= 15 is 0 Å². The van der Waals surface area contributed by atoms with Crippen molar-refractivity contribution in [1.82, 2.24) is 4.98 Å². The Morgan fingerprint density at radius 2 is 2.40 bits per heavy atom. The first kappa shape index (κ1) is 10.4. The maximum absolute atomic E-state index is 11.0. The fraction of sp³-hybridized carbons (Fsp3) is 0.400. The van der Waals surface area contributed by atoms with Crippen LogP contribution >= 0.6 is 15.9 Å². The molecular weight excluding hydrogens is 260 g/mol. The molecule has 0 spiro atoms. The van der Waals surface area contributed by atoms with Gasteiger partial charge in [-0.2, -0.15) is 0 Å². The Morgan fingerprint density at radius 1 is 1.67 bits per heavy atom. The van der Waals surface area contributed by atoms with E-state index in [1.807, 2.05) is 0 Å². The van der Waals surface area contributed by atoms with E-state index in [4.69, 9.17) is 5.11 Å². The number of aromatic nitrogens is 1. The number of nitrogens with zero attached hydrogens (tertiary/aromatic N) is 2. The van der Waals surface area contributed by atoms with Crippen LogP contribution in [0.25, 0.3) is 0 Å². The van der Waals surface area contributed by atoms with Crippen molar-refractivity contribution in [3.63, 3.8) is 0 Å². The average molecular weight is 271 g/mol. The lowest BCUT2D eigenvalue weighted by atomic mass is 10.3. The highest BCUT2D eigenvalue weighted by molar-refractivity contribution is 9.10. The predicted molar refractivity (Wildman–Crippen MR) is 60.0 cm³/mol. The lowest BCUT2D eigenvalue weighted by Gasteiger charge is -2.17. The summed E-state index contributed by atoms with van der Waals surface area (Å²) in [5, 5.41) is 9.06. The number of hydrogen-bond donors (Lipinski definition) is 1. The lowest BCUT2D eigenvalue weighted by molar-refractivity contribution is 0.201. The number of anilines is 1. The van der Waals surface area contributed by atoms with Gasteiger partial charge in [0.25, 0.3) is 0 Å². The minimum absolute atomic E-state index is 0.490. The van der Waals surface area contributed by atoms with Crippen molar-refractivity contribution >= 4 is 27.8 Å². The molecule has 0 saturated heterocycles. The summed E-state index contributed by atoms with van der Waals surface area (Å²) in [7, 11) is 0. The van der Waals surface area contributed by atoms with Crippen molar-refractivity contribution in [1.29, 1.82) is 0 Å². The number of rotatable bonds is 3. The van der Waals surface area contributed by atoms with Gasteiger partial charge in [-0.3, -0.25) is 4.90 Å². The van der Waals surface area contributed by atoms with Crippen molar-refractivity contribution in [2.24, 2.45) is 5.92 Å². The Hall–Kier alpha value is -1.10. The van der Waals surface area contributed by atoms with Crippen molar-refractivity contribution in [3.8, 4) is 0 Å². The summed E-state index contributed by atoms with van der Waals surface area (Å²) < 4.78 is 0.842. The Kier molecular flexibility index (Phi) is 2.90. The molecule has 1 aromatic heterocycles. The number of amides is 1. The fourth-order valence-electron chi connectivity index (χ4n) is 1.37. The zero-order valence-corrected chi connectivity index (χ0v) is 9.64. The van der Waals surface area contributed by atoms with Crippen LogP contribution in [0.15, 0.2) is 22.8 Å². The highest BCUT2D eigenvalue weighted by Crippen LogP contribution is 2.31. The fourth-order valence-corrected chi connectivity index (χ4v) is 1.69. The number of pyridine rings is 1. The van der Waals surface area contributed by atoms with Gasteiger partial charge in [0.1, 0.15) is 5.82 Å². The van der Waals surface area contributed by atoms with Gasteiger partial charge in [0.05, 0.1) is 0 Å². The highest BCUT2D eigenvalue weighted by Gasteiger charge is 2.28. The smallest absolute Gasteiger partial charge is 0.413 e. The second-order valence-electron chi connectivity index (χ2n) is 3.67. The summed E-state index contributed by atoms with van der Waals surface area (Å²) in [6, 6.07) is 3.50. The van der Waals surface area contributed by atoms with E-state index in [-0.39, 0.29) is 0 Å². The monoisotopic (exact) mass is 270 g/mol. The molecule has 1 saturated carbocycles. The molecule has 1 amide bonds. The van der Waals surface area contributed by atoms with Crippen molar-refractivity contribution < 1.29 is 9.90 Å². The molecular formula is C10H11BrN2O2. The van der Waals surface area contributed by atoms with Gasteiger partial charge < -0.3 is 5.11 Å². The van der Waals surface area contributed by atoms with Crippen LogP contribution in [0.4, 0.5) is 10.6 Å². The van der Waals surface area contributed by atoms with Crippen LogP contribution in [0, 0.1) is 5.92 Å². The molecule has 1 N–H and O–H groups in total. The number of hydrogen-bond acceptors (Lipinski definition) is 2. The summed E-state index contributed by atoms with van der Waals surface area (Å²) >= 11 is 3.30. The molecule has 80 valence electrons. The molecule has 0 radical (unpaired) electrons. The third-order valence-corrected chi connectivity index (χ3v) is 2.85. The first-order valence-corrected chi connectivity index (χ1v) is 5.58. The van der Waals surface area contributed by atoms with Gasteiger partial charge >= 0.3 is 6.09 Å². The predicted octanol–water partition coefficient (Wildman–Crippen LogP) is 2.74. The minimum atomic E-state index is -0.937. The molecule has 1 aliphatic rings. The molecule has 0 bridgehead atoms. The van der Waals surface area contributed by atoms with Gasteiger partial charge in [-0.1, -0.05) is 15.9 Å². The van der Waals surface area contributed by atoms with Crippen molar-refractivity contribution in [2.75, 3.05) is 11.4 Å². The topological polar surface area (TPSA) is 53.4 Å². The standard InChI is InChI=1S/C10H11BrN2O2/c11-8-3-4-12-9(5-8)13(10(14)15)6-7-1-2-7/h3-5,7H,1-2,6H2,(H,14,15). The molecule has 1 aromatic rings. The second-order valence-corrected chi connectivity index (χ2v) is 4.58. The quantitative estimate of drug-likeness (QED) is 0.919. The van der Waals surface area contributed by atoms with E-state index in [1.54, 1.807) is 18.3 Å². The largest absolute Gasteiger partial charge is 0.465 e. The maximum atomic E-state index is 11.0. The molecule has 1 aliphatic carbocycles. The molecule has 4 nitrogen and oxygen atoms in total. The maximum Gasteiger partial charge on any atom is 0.413 e. The number of carboxylic acid groups (broad SMARTS) is 1. The minimum Gasteiger partial charge on any atom is -0.465 e. The van der Waals surface area contributed by atoms with Crippen LogP contribution in [0.5, 0.6) is 0 Å². The summed E-state index contributed by atoms with van der Waals surface area (Å²) in [5.74, 6) is 1.01. The Labute approximate surface area is 96.1 Å². The zero-order valence-electron chi connectivity index (χ0n) is 8.06. The SMILES string of the molecule is O=C(O)N(CC1CC1)c1cc(Br)ccn1. The van der Waals surface area contributed by atoms with Gasteiger partial charge in [-0.25, -0.2) is 9.78 Å². The Bertz CT molecular complexity index is 379. The summed E-state index contributed by atoms with van der Waals surface area (Å²) in [4.78, 5) is 16.4.